The van der Waals surface area contributed by atoms with Crippen LogP contribution in [0, 0.1) is 0 Å². The van der Waals surface area contributed by atoms with Crippen LogP contribution in [0.4, 0.5) is 20.5 Å². The molecule has 3 aliphatic rings. The van der Waals surface area contributed by atoms with Gasteiger partial charge in [0.05, 0.1) is 38.0 Å². The molecule has 45 heavy (non-hydrogen) atoms. The lowest BCUT2D eigenvalue weighted by atomic mass is 10.1. The van der Waals surface area contributed by atoms with E-state index in [-0.39, 0.29) is 34.1 Å². The lowest BCUT2D eigenvalue weighted by Gasteiger charge is -2.28. The summed E-state index contributed by atoms with van der Waals surface area (Å²) >= 11 is 0. The van der Waals surface area contributed by atoms with Gasteiger partial charge < -0.3 is 30.7 Å². The third-order valence-electron chi connectivity index (χ3n) is 7.50. The van der Waals surface area contributed by atoms with Crippen molar-refractivity contribution < 1.29 is 46.2 Å². The van der Waals surface area contributed by atoms with E-state index in [4.69, 9.17) is 30.0 Å². The average molecular weight is 676 g/mol. The first kappa shape index (κ1) is 30.2. The first-order valence-electron chi connectivity index (χ1n) is 13.1. The number of rotatable bonds is 2. The van der Waals surface area contributed by atoms with E-state index < -0.39 is 83.4 Å². The summed E-state index contributed by atoms with van der Waals surface area (Å²) < 4.78 is 82.1. The summed E-state index contributed by atoms with van der Waals surface area (Å²) in [5.74, 6) is -0.284. The molecule has 25 heteroatoms. The molecule has 2 unspecified atom stereocenters. The van der Waals surface area contributed by atoms with Crippen LogP contribution in [-0.2, 0) is 27.7 Å². The summed E-state index contributed by atoms with van der Waals surface area (Å²) in [6, 6.07) is -3.30. The maximum Gasteiger partial charge on any atom is 0.403 e. The molecule has 0 amide bonds. The normalized spacial score (nSPS) is 37.7. The summed E-state index contributed by atoms with van der Waals surface area (Å²) in [5.41, 5.74) is 10.6. The minimum atomic E-state index is -4.90. The van der Waals surface area contributed by atoms with E-state index in [0.717, 1.165) is 17.2 Å². The molecule has 0 aliphatic carbocycles. The fourth-order valence-electron chi connectivity index (χ4n) is 5.46. The van der Waals surface area contributed by atoms with Crippen LogP contribution in [0.25, 0.3) is 22.3 Å². The Hall–Kier alpha value is -3.50. The molecular formula is C20H24F2N12O9P2. The number of aromatic nitrogens is 8. The van der Waals surface area contributed by atoms with Gasteiger partial charge in [0.25, 0.3) is 5.56 Å². The van der Waals surface area contributed by atoms with Gasteiger partial charge >= 0.3 is 15.5 Å². The fraction of sp³-hybridized carbons (Fsp3) is 0.500. The number of anilines is 2. The van der Waals surface area contributed by atoms with E-state index in [2.05, 4.69) is 40.1 Å². The van der Waals surface area contributed by atoms with Gasteiger partial charge in [0.15, 0.2) is 47.4 Å². The van der Waals surface area contributed by atoms with E-state index in [1.165, 1.54) is 10.9 Å². The van der Waals surface area contributed by atoms with E-state index in [0.29, 0.717) is 0 Å². The number of H-pyrrole nitrogens is 1. The van der Waals surface area contributed by atoms with Gasteiger partial charge in [-0.1, -0.05) is 0 Å². The average Bonchev–Trinajstić information content (AvgIpc) is 3.72. The Kier molecular flexibility index (Phi) is 7.24. The number of alkyl halides is 2. The zero-order chi connectivity index (χ0) is 31.8. The van der Waals surface area contributed by atoms with Crippen molar-refractivity contribution in [3.63, 3.8) is 0 Å². The van der Waals surface area contributed by atoms with Gasteiger partial charge in [-0.3, -0.25) is 28.0 Å². The first-order valence-corrected chi connectivity index (χ1v) is 16.2. The Morgan fingerprint density at radius 1 is 0.844 bits per heavy atom. The van der Waals surface area contributed by atoms with Crippen molar-refractivity contribution in [3.05, 3.63) is 29.3 Å². The van der Waals surface area contributed by atoms with E-state index in [1.54, 1.807) is 0 Å². The van der Waals surface area contributed by atoms with Gasteiger partial charge in [0.1, 0.15) is 24.1 Å². The number of nitrogens with one attached hydrogen (secondary N) is 3. The highest BCUT2D eigenvalue weighted by atomic mass is 31.2. The highest BCUT2D eigenvalue weighted by Gasteiger charge is 2.53. The molecule has 242 valence electrons. The summed E-state index contributed by atoms with van der Waals surface area (Å²) in [6.45, 7) is -1.64. The molecule has 3 saturated heterocycles. The van der Waals surface area contributed by atoms with Crippen LogP contribution in [0.15, 0.2) is 23.8 Å². The SMILES string of the molecule is Nc1nc2c(ncn2[C@H]2O[C@H]3COP(=O)(O)N[C@H]4[C@@H](F)[C@H](n5cnc6c(N)ncnc65)O[C@@H]4COP(=O)(O)N[C@H]3[C@H]2F)c(=O)[nH]1. The zero-order valence-electron chi connectivity index (χ0n) is 22.5. The smallest absolute Gasteiger partial charge is 0.382 e. The van der Waals surface area contributed by atoms with Crippen LogP contribution in [-0.4, -0.2) is 98.7 Å². The molecule has 3 aliphatic heterocycles. The van der Waals surface area contributed by atoms with Crippen LogP contribution >= 0.6 is 15.5 Å². The Balaban J connectivity index is 1.17. The van der Waals surface area contributed by atoms with Crippen molar-refractivity contribution in [2.45, 2.75) is 49.1 Å². The minimum Gasteiger partial charge on any atom is -0.382 e. The minimum absolute atomic E-state index is 0.0112. The highest BCUT2D eigenvalue weighted by molar-refractivity contribution is 7.50. The van der Waals surface area contributed by atoms with Gasteiger partial charge in [0.2, 0.25) is 5.95 Å². The maximum absolute atomic E-state index is 15.9. The fourth-order valence-corrected chi connectivity index (χ4v) is 7.68. The molecule has 3 fully saturated rings. The van der Waals surface area contributed by atoms with Crippen molar-refractivity contribution in [2.24, 2.45) is 0 Å². The van der Waals surface area contributed by atoms with Gasteiger partial charge in [-0.15, -0.1) is 0 Å². The molecule has 0 saturated carbocycles. The predicted octanol–water partition coefficient (Wildman–Crippen LogP) is -1.24. The van der Waals surface area contributed by atoms with E-state index in [9.17, 15) is 23.7 Å². The number of aromatic amines is 1. The highest BCUT2D eigenvalue weighted by Crippen LogP contribution is 2.48. The van der Waals surface area contributed by atoms with Crippen molar-refractivity contribution >= 4 is 49.6 Å². The molecule has 0 aromatic carbocycles. The molecule has 0 radical (unpaired) electrons. The molecule has 0 spiro atoms. The number of hydrogen-bond donors (Lipinski definition) is 7. The van der Waals surface area contributed by atoms with Gasteiger partial charge in [-0.25, -0.2) is 48.0 Å². The molecule has 0 bridgehead atoms. The monoisotopic (exact) mass is 676 g/mol. The maximum atomic E-state index is 15.9. The Morgan fingerprint density at radius 2 is 1.38 bits per heavy atom. The molecule has 10 atom stereocenters. The number of fused-ring (bicyclic) bond motifs is 4. The van der Waals surface area contributed by atoms with E-state index in [1.807, 2.05) is 0 Å². The predicted molar refractivity (Wildman–Crippen MR) is 145 cm³/mol. The number of imidazole rings is 2. The molecule has 7 rings (SSSR count). The van der Waals surface area contributed by atoms with Crippen LogP contribution in [0.5, 0.6) is 0 Å². The molecule has 9 N–H and O–H groups in total. The van der Waals surface area contributed by atoms with Gasteiger partial charge in [0, 0.05) is 0 Å². The summed E-state index contributed by atoms with van der Waals surface area (Å²) in [4.78, 5) is 55.5. The molecule has 7 heterocycles. The molecular weight excluding hydrogens is 652 g/mol. The van der Waals surface area contributed by atoms with Crippen LogP contribution in [0.3, 0.4) is 0 Å². The molecule has 21 nitrogen and oxygen atoms in total. The van der Waals surface area contributed by atoms with Gasteiger partial charge in [-0.2, -0.15) is 4.98 Å². The third kappa shape index (κ3) is 5.29. The number of nitrogens with two attached hydrogens (primary N) is 2. The summed E-state index contributed by atoms with van der Waals surface area (Å²) in [6.07, 6.45) is -6.98. The summed E-state index contributed by atoms with van der Waals surface area (Å²) in [7, 11) is -9.79. The summed E-state index contributed by atoms with van der Waals surface area (Å²) in [5, 5.41) is 4.32. The van der Waals surface area contributed by atoms with Crippen molar-refractivity contribution in [1.82, 2.24) is 49.2 Å². The van der Waals surface area contributed by atoms with Crippen LogP contribution in [0.2, 0.25) is 0 Å². The third-order valence-corrected chi connectivity index (χ3v) is 9.75. The molecule has 4 aromatic heterocycles. The second kappa shape index (κ2) is 10.8. The van der Waals surface area contributed by atoms with Crippen LogP contribution in [0.1, 0.15) is 12.5 Å². The number of ether oxygens (including phenoxy) is 2. The second-order valence-electron chi connectivity index (χ2n) is 10.3. The number of nitrogens with zero attached hydrogens (tertiary/aromatic N) is 7. The Morgan fingerprint density at radius 3 is 1.96 bits per heavy atom. The van der Waals surface area contributed by atoms with Crippen LogP contribution < -0.4 is 27.2 Å². The number of nitrogen functional groups attached to an aromatic ring is 2. The first-order chi connectivity index (χ1) is 21.3. The van der Waals surface area contributed by atoms with Crippen molar-refractivity contribution in [3.8, 4) is 0 Å². The van der Waals surface area contributed by atoms with E-state index >= 15 is 8.78 Å². The Labute approximate surface area is 248 Å². The lowest BCUT2D eigenvalue weighted by Crippen LogP contribution is -2.46. The zero-order valence-corrected chi connectivity index (χ0v) is 24.2. The second-order valence-corrected chi connectivity index (χ2v) is 13.4. The topological polar surface area (TPSA) is 295 Å². The van der Waals surface area contributed by atoms with Crippen molar-refractivity contribution in [1.29, 1.82) is 0 Å². The lowest BCUT2D eigenvalue weighted by molar-refractivity contribution is -0.0377. The molecule has 4 aromatic rings. The van der Waals surface area contributed by atoms with Crippen molar-refractivity contribution in [2.75, 3.05) is 24.7 Å². The number of halogens is 2. The quantitative estimate of drug-likeness (QED) is 0.122. The Bertz CT molecular complexity index is 1940. The standard InChI is InChI=1S/C20H24F2N12O9P2/c21-8-10-6(42-18(8)33-4-27-12-14(23)25-3-26-15(12)33)1-40-45(38,39)32-11-7(2-41-44(36,37)31-10)43-19(9(11)22)34-5-28-13-16(34)29-20(24)30-17(13)35/h3-11,18-19H,1-2H2,(H2,23,25,26)(H2,31,36,37)(H2,32,38,39)(H3,24,29,30,35)/t6-,7+,8-,9-,10-,11-,18-,19+/m1/s1. The number of hydrogen-bond acceptors (Lipinski definition) is 14. The van der Waals surface area contributed by atoms with Gasteiger partial charge in [-0.05, 0) is 0 Å². The largest absolute Gasteiger partial charge is 0.403 e.